The number of rotatable bonds is 9. The van der Waals surface area contributed by atoms with Crippen LogP contribution in [0.2, 0.25) is 0 Å². The topological polar surface area (TPSA) is 92.7 Å². The maximum absolute atomic E-state index is 13.0. The predicted molar refractivity (Wildman–Crippen MR) is 135 cm³/mol. The van der Waals surface area contributed by atoms with Crippen molar-refractivity contribution in [3.63, 3.8) is 0 Å². The van der Waals surface area contributed by atoms with Crippen molar-refractivity contribution in [2.24, 2.45) is 4.99 Å². The SMILES string of the molecule is CCC1=C(C(=O)OC)C(c2ccccc2OC)N2C(CC(=O)NCCN3CCOCC3)=CSC2=N1. The Kier molecular flexibility index (Phi) is 8.48. The molecule has 1 unspecified atom stereocenters. The van der Waals surface area contributed by atoms with Crippen LogP contribution in [0.3, 0.4) is 0 Å². The summed E-state index contributed by atoms with van der Waals surface area (Å²) < 4.78 is 16.2. The number of esters is 1. The molecule has 3 aliphatic heterocycles. The molecule has 3 heterocycles. The van der Waals surface area contributed by atoms with E-state index in [1.165, 1.54) is 18.9 Å². The molecule has 3 aliphatic rings. The number of ether oxygens (including phenoxy) is 3. The number of carbonyl (C=O) groups is 2. The number of para-hydroxylation sites is 1. The molecule has 35 heavy (non-hydrogen) atoms. The number of nitrogens with zero attached hydrogens (tertiary/aromatic N) is 3. The molecule has 0 radical (unpaired) electrons. The summed E-state index contributed by atoms with van der Waals surface area (Å²) in [6.45, 7) is 6.56. The molecular formula is C25H32N4O5S. The van der Waals surface area contributed by atoms with E-state index in [9.17, 15) is 9.59 Å². The number of allylic oxidation sites excluding steroid dienone is 1. The molecule has 4 rings (SSSR count). The first-order valence-electron chi connectivity index (χ1n) is 11.8. The van der Waals surface area contributed by atoms with E-state index in [0.29, 0.717) is 30.0 Å². The fraction of sp³-hybridized carbons (Fsp3) is 0.480. The predicted octanol–water partition coefficient (Wildman–Crippen LogP) is 2.67. The first kappa shape index (κ1) is 25.3. The second-order valence-corrected chi connectivity index (χ2v) is 9.16. The molecular weight excluding hydrogens is 468 g/mol. The molecule has 0 spiro atoms. The Bertz CT molecular complexity index is 1050. The molecule has 1 saturated heterocycles. The molecule has 10 heteroatoms. The lowest BCUT2D eigenvalue weighted by Crippen LogP contribution is -2.42. The molecule has 1 amide bonds. The van der Waals surface area contributed by atoms with Crippen LogP contribution in [0.15, 0.2) is 51.6 Å². The Morgan fingerprint density at radius 2 is 2.00 bits per heavy atom. The van der Waals surface area contributed by atoms with Gasteiger partial charge in [0.05, 0.1) is 51.2 Å². The minimum absolute atomic E-state index is 0.0741. The highest BCUT2D eigenvalue weighted by molar-refractivity contribution is 8.16. The van der Waals surface area contributed by atoms with Gasteiger partial charge in [0.1, 0.15) is 5.75 Å². The van der Waals surface area contributed by atoms with Crippen molar-refractivity contribution in [1.29, 1.82) is 0 Å². The Morgan fingerprint density at radius 3 is 2.71 bits per heavy atom. The second-order valence-electron chi connectivity index (χ2n) is 8.32. The van der Waals surface area contributed by atoms with Crippen molar-refractivity contribution in [1.82, 2.24) is 15.1 Å². The number of methoxy groups -OCH3 is 2. The number of carbonyl (C=O) groups excluding carboxylic acids is 2. The maximum Gasteiger partial charge on any atom is 0.338 e. The van der Waals surface area contributed by atoms with Gasteiger partial charge < -0.3 is 24.4 Å². The first-order chi connectivity index (χ1) is 17.1. The summed E-state index contributed by atoms with van der Waals surface area (Å²) in [7, 11) is 2.98. The van der Waals surface area contributed by atoms with Crippen LogP contribution in [0.4, 0.5) is 0 Å². The number of hydrogen-bond donors (Lipinski definition) is 1. The highest BCUT2D eigenvalue weighted by Crippen LogP contribution is 2.47. The van der Waals surface area contributed by atoms with E-state index in [-0.39, 0.29) is 12.3 Å². The summed E-state index contributed by atoms with van der Waals surface area (Å²) in [6.07, 6.45) is 0.752. The van der Waals surface area contributed by atoms with Crippen molar-refractivity contribution in [3.05, 3.63) is 52.2 Å². The van der Waals surface area contributed by atoms with Crippen molar-refractivity contribution in [2.45, 2.75) is 25.8 Å². The van der Waals surface area contributed by atoms with E-state index in [1.807, 2.05) is 41.5 Å². The summed E-state index contributed by atoms with van der Waals surface area (Å²) in [5.74, 6) is 0.142. The number of hydrogen-bond acceptors (Lipinski definition) is 9. The number of fused-ring (bicyclic) bond motifs is 1. The van der Waals surface area contributed by atoms with E-state index in [2.05, 4.69) is 10.2 Å². The average molecular weight is 501 g/mol. The molecule has 1 N–H and O–H groups in total. The van der Waals surface area contributed by atoms with Crippen LogP contribution in [0.1, 0.15) is 31.4 Å². The van der Waals surface area contributed by atoms with E-state index < -0.39 is 12.0 Å². The van der Waals surface area contributed by atoms with Gasteiger partial charge in [0.2, 0.25) is 5.91 Å². The molecule has 1 aromatic carbocycles. The standard InChI is InChI=1S/C25H32N4O5S/c1-4-19-22(24(31)33-3)23(18-7-5-6-8-20(18)32-2)29-17(16-35-25(29)27-19)15-21(30)26-9-10-28-11-13-34-14-12-28/h5-8,16,23H,4,9-15H2,1-3H3,(H,26,30). The van der Waals surface area contributed by atoms with Gasteiger partial charge in [0.15, 0.2) is 5.17 Å². The summed E-state index contributed by atoms with van der Waals surface area (Å²) in [5, 5.41) is 5.71. The third-order valence-electron chi connectivity index (χ3n) is 6.26. The molecule has 0 saturated carbocycles. The quantitative estimate of drug-likeness (QED) is 0.518. The van der Waals surface area contributed by atoms with E-state index in [4.69, 9.17) is 19.2 Å². The van der Waals surface area contributed by atoms with Crippen LogP contribution in [-0.2, 0) is 19.1 Å². The molecule has 188 valence electrons. The third-order valence-corrected chi connectivity index (χ3v) is 7.15. The van der Waals surface area contributed by atoms with Crippen molar-refractivity contribution >= 4 is 28.8 Å². The lowest BCUT2D eigenvalue weighted by Gasteiger charge is -2.37. The summed E-state index contributed by atoms with van der Waals surface area (Å²) in [4.78, 5) is 34.9. The van der Waals surface area contributed by atoms with E-state index in [0.717, 1.165) is 49.3 Å². The Labute approximate surface area is 210 Å². The number of aliphatic imine (C=N–C) groups is 1. The van der Waals surface area contributed by atoms with Crippen LogP contribution in [0.5, 0.6) is 5.75 Å². The highest BCUT2D eigenvalue weighted by Gasteiger charge is 2.42. The number of thioether (sulfide) groups is 1. The van der Waals surface area contributed by atoms with Gasteiger partial charge in [-0.25, -0.2) is 9.79 Å². The molecule has 9 nitrogen and oxygen atoms in total. The van der Waals surface area contributed by atoms with Gasteiger partial charge in [-0.3, -0.25) is 9.69 Å². The first-order valence-corrected chi connectivity index (χ1v) is 12.7. The minimum atomic E-state index is -0.511. The Balaban J connectivity index is 1.57. The molecule has 1 atom stereocenters. The number of amidine groups is 1. The van der Waals surface area contributed by atoms with Crippen molar-refractivity contribution in [2.75, 3.05) is 53.6 Å². The van der Waals surface area contributed by atoms with Crippen LogP contribution < -0.4 is 10.1 Å². The van der Waals surface area contributed by atoms with E-state index >= 15 is 0 Å². The zero-order valence-electron chi connectivity index (χ0n) is 20.4. The van der Waals surface area contributed by atoms with Crippen LogP contribution in [0, 0.1) is 0 Å². The summed E-state index contributed by atoms with van der Waals surface area (Å²) in [5.41, 5.74) is 2.74. The van der Waals surface area contributed by atoms with Gasteiger partial charge in [0, 0.05) is 37.4 Å². The lowest BCUT2D eigenvalue weighted by atomic mass is 9.92. The minimum Gasteiger partial charge on any atom is -0.496 e. The van der Waals surface area contributed by atoms with Gasteiger partial charge in [-0.15, -0.1) is 0 Å². The van der Waals surface area contributed by atoms with Crippen LogP contribution >= 0.6 is 11.8 Å². The number of nitrogens with one attached hydrogen (secondary N) is 1. The van der Waals surface area contributed by atoms with Crippen LogP contribution in [-0.4, -0.2) is 80.5 Å². The zero-order chi connectivity index (χ0) is 24.8. The molecule has 0 aromatic heterocycles. The van der Waals surface area contributed by atoms with Gasteiger partial charge in [-0.1, -0.05) is 36.9 Å². The van der Waals surface area contributed by atoms with Crippen molar-refractivity contribution in [3.8, 4) is 5.75 Å². The fourth-order valence-electron chi connectivity index (χ4n) is 4.50. The number of amides is 1. The average Bonchev–Trinajstić information content (AvgIpc) is 3.29. The molecule has 0 aliphatic carbocycles. The monoisotopic (exact) mass is 500 g/mol. The molecule has 1 aromatic rings. The smallest absolute Gasteiger partial charge is 0.338 e. The number of morpholine rings is 1. The molecule has 1 fully saturated rings. The van der Waals surface area contributed by atoms with Crippen LogP contribution in [0.25, 0.3) is 0 Å². The normalized spacial score (nSPS) is 20.2. The van der Waals surface area contributed by atoms with Gasteiger partial charge in [0.25, 0.3) is 0 Å². The van der Waals surface area contributed by atoms with Gasteiger partial charge >= 0.3 is 5.97 Å². The summed E-state index contributed by atoms with van der Waals surface area (Å²) >= 11 is 1.46. The van der Waals surface area contributed by atoms with Gasteiger partial charge in [-0.2, -0.15) is 0 Å². The van der Waals surface area contributed by atoms with E-state index in [1.54, 1.807) is 7.11 Å². The maximum atomic E-state index is 13.0. The largest absolute Gasteiger partial charge is 0.496 e. The second kappa shape index (κ2) is 11.7. The summed E-state index contributed by atoms with van der Waals surface area (Å²) in [6, 6.07) is 7.09. The molecule has 0 bridgehead atoms. The lowest BCUT2D eigenvalue weighted by molar-refractivity contribution is -0.136. The Hall–Kier alpha value is -2.82. The highest BCUT2D eigenvalue weighted by atomic mass is 32.2. The fourth-order valence-corrected chi connectivity index (χ4v) is 5.44. The zero-order valence-corrected chi connectivity index (χ0v) is 21.2. The Morgan fingerprint density at radius 1 is 1.23 bits per heavy atom. The van der Waals surface area contributed by atoms with Gasteiger partial charge in [-0.05, 0) is 17.9 Å². The van der Waals surface area contributed by atoms with Crippen molar-refractivity contribution < 1.29 is 23.8 Å². The number of benzene rings is 1. The third kappa shape index (κ3) is 5.55.